The molecule has 0 radical (unpaired) electrons. The zero-order valence-electron chi connectivity index (χ0n) is 34.9. The maximum Gasteiger partial charge on any atom is 0.315 e. The molecule has 3 heterocycles. The van der Waals surface area contributed by atoms with E-state index in [1.54, 1.807) is 0 Å². The molecule has 3 aliphatic heterocycles. The monoisotopic (exact) mass is 808 g/mol. The molecule has 0 aromatic rings. The maximum absolute atomic E-state index is 14.3. The Kier molecular flexibility index (Phi) is 10.4. The molecule has 324 valence electrons. The molecule has 8 aliphatic rings. The number of aliphatic hydroxyl groups excluding tert-OH is 5. The zero-order valence-corrected chi connectivity index (χ0v) is 34.9. The summed E-state index contributed by atoms with van der Waals surface area (Å²) < 4.78 is 35.8. The van der Waals surface area contributed by atoms with Crippen LogP contribution in [0.3, 0.4) is 0 Å². The van der Waals surface area contributed by atoms with E-state index in [-0.39, 0.29) is 58.6 Å². The fourth-order valence-corrected chi connectivity index (χ4v) is 15.4. The lowest BCUT2D eigenvalue weighted by Crippen LogP contribution is -2.74. The van der Waals surface area contributed by atoms with Gasteiger partial charge in [0.1, 0.15) is 60.4 Å². The van der Waals surface area contributed by atoms with Crippen molar-refractivity contribution >= 4 is 11.9 Å². The van der Waals surface area contributed by atoms with Crippen LogP contribution in [0, 0.1) is 50.7 Å². The van der Waals surface area contributed by atoms with Gasteiger partial charge in [-0.25, -0.2) is 0 Å². The van der Waals surface area contributed by atoms with Gasteiger partial charge in [0, 0.05) is 12.8 Å². The summed E-state index contributed by atoms with van der Waals surface area (Å²) >= 11 is 0. The van der Waals surface area contributed by atoms with Crippen LogP contribution >= 0.6 is 0 Å². The van der Waals surface area contributed by atoms with Crippen LogP contribution in [-0.2, 0) is 38.0 Å². The Morgan fingerprint density at radius 3 is 2.07 bits per heavy atom. The number of fused-ring (bicyclic) bond motifs is 5. The predicted molar refractivity (Wildman–Crippen MR) is 201 cm³/mol. The minimum atomic E-state index is -1.60. The summed E-state index contributed by atoms with van der Waals surface area (Å²) in [5.41, 5.74) is -3.22. The highest BCUT2D eigenvalue weighted by atomic mass is 16.8. The van der Waals surface area contributed by atoms with Gasteiger partial charge in [-0.3, -0.25) is 9.59 Å². The van der Waals surface area contributed by atoms with Crippen molar-refractivity contribution in [1.29, 1.82) is 0 Å². The van der Waals surface area contributed by atoms with Crippen LogP contribution in [-0.4, -0.2) is 129 Å². The minimum Gasteiger partial charge on any atom is -0.463 e. The lowest BCUT2D eigenvalue weighted by atomic mass is 9.31. The molecule has 8 rings (SSSR count). The largest absolute Gasteiger partial charge is 0.463 e. The van der Waals surface area contributed by atoms with Crippen molar-refractivity contribution < 1.29 is 68.6 Å². The maximum atomic E-state index is 14.3. The summed E-state index contributed by atoms with van der Waals surface area (Å²) in [6, 6.07) is 0. The summed E-state index contributed by atoms with van der Waals surface area (Å²) in [6.07, 6.45) is -2.76. The number of hydrogen-bond donors (Lipinski definition) is 6. The standard InChI is InChI=1S/C43H68O14/c1-22(45)52-20-24-30(47)31(48)33(56-34-32(49)29(46)23(19-44)54-34)35(55-24)53-21-38(4)13-8-14-39(5)26(38)11-15-40(6)27(39)9-10-28-41(40,7)17-18-43(51)25-12-16-42(28,43)36(50)57-37(25,2)3/h23-35,44,46-49,51H,8-21H2,1-7H3/t23-,24+,25+,26-,27+,28-,29-,30+,31-,32+,33+,34-,35+,38+,39-,40+,41+,42+,43+/m0/s1. The van der Waals surface area contributed by atoms with E-state index >= 15 is 0 Å². The fourth-order valence-electron chi connectivity index (χ4n) is 15.4. The van der Waals surface area contributed by atoms with Gasteiger partial charge in [0.15, 0.2) is 12.6 Å². The Hall–Kier alpha value is -1.46. The van der Waals surface area contributed by atoms with Gasteiger partial charge in [-0.15, -0.1) is 0 Å². The molecule has 14 nitrogen and oxygen atoms in total. The van der Waals surface area contributed by atoms with Gasteiger partial charge in [0.2, 0.25) is 0 Å². The zero-order chi connectivity index (χ0) is 41.3. The molecule has 0 amide bonds. The Labute approximate surface area is 336 Å². The first-order chi connectivity index (χ1) is 26.6. The minimum absolute atomic E-state index is 0.0373. The first kappa shape index (κ1) is 42.2. The molecule has 3 saturated heterocycles. The van der Waals surface area contributed by atoms with Gasteiger partial charge in [-0.2, -0.15) is 0 Å². The molecular formula is C43H68O14. The summed E-state index contributed by atoms with van der Waals surface area (Å²) in [4.78, 5) is 26.0. The average Bonchev–Trinajstić information content (AvgIpc) is 3.58. The average molecular weight is 809 g/mol. The number of carbonyl (C=O) groups excluding carboxylic acids is 2. The second-order valence-corrected chi connectivity index (χ2v) is 21.0. The first-order valence-corrected chi connectivity index (χ1v) is 21.6. The summed E-state index contributed by atoms with van der Waals surface area (Å²) in [5.74, 6) is -0.161. The number of esters is 2. The second kappa shape index (κ2) is 14.0. The molecule has 8 fully saturated rings. The van der Waals surface area contributed by atoms with Crippen LogP contribution in [0.5, 0.6) is 0 Å². The Bertz CT molecular complexity index is 1580. The summed E-state index contributed by atoms with van der Waals surface area (Å²) in [7, 11) is 0. The number of carbonyl (C=O) groups is 2. The van der Waals surface area contributed by atoms with Crippen molar-refractivity contribution in [2.75, 3.05) is 19.8 Å². The molecule has 5 saturated carbocycles. The van der Waals surface area contributed by atoms with Crippen LogP contribution in [0.25, 0.3) is 0 Å². The lowest BCUT2D eigenvalue weighted by Gasteiger charge is -2.74. The number of cyclic esters (lactones) is 1. The van der Waals surface area contributed by atoms with Crippen LogP contribution in [0.4, 0.5) is 0 Å². The molecule has 14 heteroatoms. The number of rotatable bonds is 8. The van der Waals surface area contributed by atoms with Crippen molar-refractivity contribution in [1.82, 2.24) is 0 Å². The molecule has 0 spiro atoms. The Morgan fingerprint density at radius 1 is 0.737 bits per heavy atom. The highest BCUT2D eigenvalue weighted by molar-refractivity contribution is 5.82. The van der Waals surface area contributed by atoms with Gasteiger partial charge < -0.3 is 59.1 Å². The van der Waals surface area contributed by atoms with E-state index in [0.29, 0.717) is 18.8 Å². The molecule has 6 N–H and O–H groups in total. The van der Waals surface area contributed by atoms with Crippen molar-refractivity contribution in [3.05, 3.63) is 0 Å². The van der Waals surface area contributed by atoms with E-state index in [4.69, 9.17) is 28.4 Å². The van der Waals surface area contributed by atoms with Crippen LogP contribution in [0.2, 0.25) is 0 Å². The van der Waals surface area contributed by atoms with E-state index < -0.39 is 84.5 Å². The van der Waals surface area contributed by atoms with E-state index in [1.165, 1.54) is 6.92 Å². The molecular weight excluding hydrogens is 740 g/mol. The van der Waals surface area contributed by atoms with Gasteiger partial charge in [0.25, 0.3) is 0 Å². The van der Waals surface area contributed by atoms with Gasteiger partial charge >= 0.3 is 11.9 Å². The predicted octanol–water partition coefficient (Wildman–Crippen LogP) is 2.74. The number of ether oxygens (including phenoxy) is 6. The second-order valence-electron chi connectivity index (χ2n) is 21.0. The van der Waals surface area contributed by atoms with Crippen LogP contribution in [0.15, 0.2) is 0 Å². The highest BCUT2D eigenvalue weighted by Gasteiger charge is 2.81. The van der Waals surface area contributed by atoms with Crippen molar-refractivity contribution in [3.63, 3.8) is 0 Å². The molecule has 2 bridgehead atoms. The lowest BCUT2D eigenvalue weighted by molar-refractivity contribution is -0.344. The van der Waals surface area contributed by atoms with E-state index in [0.717, 1.165) is 57.8 Å². The summed E-state index contributed by atoms with van der Waals surface area (Å²) in [5, 5.41) is 65.7. The van der Waals surface area contributed by atoms with Gasteiger partial charge in [-0.1, -0.05) is 34.1 Å². The van der Waals surface area contributed by atoms with Crippen LogP contribution < -0.4 is 0 Å². The highest BCUT2D eigenvalue weighted by Crippen LogP contribution is 2.80. The van der Waals surface area contributed by atoms with Gasteiger partial charge in [-0.05, 0) is 117 Å². The third-order valence-corrected chi connectivity index (χ3v) is 18.3. The number of hydrogen-bond acceptors (Lipinski definition) is 14. The Balaban J connectivity index is 1.04. The molecule has 0 aromatic carbocycles. The molecule has 0 aromatic heterocycles. The Morgan fingerprint density at radius 2 is 1.39 bits per heavy atom. The summed E-state index contributed by atoms with van der Waals surface area (Å²) in [6.45, 7) is 14.1. The van der Waals surface area contributed by atoms with E-state index in [1.807, 2.05) is 13.8 Å². The first-order valence-electron chi connectivity index (χ1n) is 21.6. The van der Waals surface area contributed by atoms with Crippen LogP contribution in [0.1, 0.15) is 119 Å². The normalized spacial score (nSPS) is 55.2. The molecule has 0 unspecified atom stereocenters. The third-order valence-electron chi connectivity index (χ3n) is 18.3. The molecule has 57 heavy (non-hydrogen) atoms. The van der Waals surface area contributed by atoms with Crippen molar-refractivity contribution in [2.45, 2.75) is 186 Å². The SMILES string of the molecule is CC(=O)OC[C@H]1O[C@@H](OC[C@@]2(C)CCC[C@]3(C)[C@H]4CC[C@@H]5[C@]67CC[C@H](C(C)(C)OC6=O)[C@]7(O)CC[C@@]5(C)[C@]4(C)CC[C@@H]23)[C@H](O[C@@H]2O[C@@H](CO)[C@H](O)[C@H]2O)[C@@H](O)[C@@H]1O. The third kappa shape index (κ3) is 5.84. The fraction of sp³-hybridized carbons (Fsp3) is 0.953. The van der Waals surface area contributed by atoms with E-state index in [2.05, 4.69) is 27.7 Å². The topological polar surface area (TPSA) is 211 Å². The van der Waals surface area contributed by atoms with Crippen molar-refractivity contribution in [2.24, 2.45) is 50.7 Å². The molecule has 5 aliphatic carbocycles. The number of aliphatic hydroxyl groups is 6. The van der Waals surface area contributed by atoms with Gasteiger partial charge in [0.05, 0.1) is 18.8 Å². The van der Waals surface area contributed by atoms with Crippen molar-refractivity contribution in [3.8, 4) is 0 Å². The quantitative estimate of drug-likeness (QED) is 0.195. The molecule has 19 atom stereocenters. The van der Waals surface area contributed by atoms with E-state index in [9.17, 15) is 40.2 Å². The smallest absolute Gasteiger partial charge is 0.315 e.